The molecule has 2 rings (SSSR count). The highest BCUT2D eigenvalue weighted by Crippen LogP contribution is 2.17. The topological polar surface area (TPSA) is 15.3 Å². The molecule has 0 aliphatic carbocycles. The third-order valence-corrected chi connectivity index (χ3v) is 4.02. The molecule has 17 heavy (non-hydrogen) atoms. The molecule has 0 radical (unpaired) electrons. The van der Waals surface area contributed by atoms with E-state index in [-0.39, 0.29) is 12.4 Å². The van der Waals surface area contributed by atoms with Crippen molar-refractivity contribution in [3.63, 3.8) is 0 Å². The van der Waals surface area contributed by atoms with Crippen LogP contribution in [0.15, 0.2) is 35.2 Å². The Hall–Kier alpha value is -0.220. The Morgan fingerprint density at radius 1 is 1.35 bits per heavy atom. The lowest BCUT2D eigenvalue weighted by Gasteiger charge is -2.33. The summed E-state index contributed by atoms with van der Waals surface area (Å²) in [5, 5.41) is 3.42. The average Bonchev–Trinajstić information content (AvgIpc) is 2.33. The van der Waals surface area contributed by atoms with Gasteiger partial charge < -0.3 is 5.32 Å². The van der Waals surface area contributed by atoms with Gasteiger partial charge in [-0.3, -0.25) is 4.90 Å². The second-order valence-corrected chi connectivity index (χ2v) is 5.42. The number of hydrogen-bond donors (Lipinski definition) is 1. The predicted molar refractivity (Wildman–Crippen MR) is 78.3 cm³/mol. The van der Waals surface area contributed by atoms with Crippen LogP contribution in [0.2, 0.25) is 0 Å². The Labute approximate surface area is 115 Å². The largest absolute Gasteiger partial charge is 0.314 e. The monoisotopic (exact) mass is 272 g/mol. The van der Waals surface area contributed by atoms with Crippen LogP contribution in [0.1, 0.15) is 6.92 Å². The van der Waals surface area contributed by atoms with E-state index in [0.717, 1.165) is 13.1 Å². The molecule has 0 saturated carbocycles. The number of halogens is 1. The molecule has 1 aromatic carbocycles. The summed E-state index contributed by atoms with van der Waals surface area (Å²) in [7, 11) is 0. The fourth-order valence-corrected chi connectivity index (χ4v) is 2.92. The van der Waals surface area contributed by atoms with Gasteiger partial charge in [-0.25, -0.2) is 0 Å². The van der Waals surface area contributed by atoms with Gasteiger partial charge in [0.1, 0.15) is 0 Å². The van der Waals surface area contributed by atoms with Crippen molar-refractivity contribution in [2.75, 3.05) is 31.9 Å². The summed E-state index contributed by atoms with van der Waals surface area (Å²) in [4.78, 5) is 3.96. The lowest BCUT2D eigenvalue weighted by atomic mass is 10.2. The van der Waals surface area contributed by atoms with Crippen LogP contribution in [0.4, 0.5) is 0 Å². The van der Waals surface area contributed by atoms with Gasteiger partial charge in [-0.15, -0.1) is 24.2 Å². The number of piperazine rings is 1. The number of rotatable bonds is 4. The summed E-state index contributed by atoms with van der Waals surface area (Å²) >= 11 is 1.95. The van der Waals surface area contributed by atoms with Gasteiger partial charge in [0.25, 0.3) is 0 Å². The van der Waals surface area contributed by atoms with Crippen molar-refractivity contribution in [1.82, 2.24) is 10.2 Å². The van der Waals surface area contributed by atoms with Crippen molar-refractivity contribution >= 4 is 24.2 Å². The van der Waals surface area contributed by atoms with Crippen LogP contribution in [-0.2, 0) is 0 Å². The molecule has 96 valence electrons. The maximum atomic E-state index is 3.42. The molecule has 1 unspecified atom stereocenters. The van der Waals surface area contributed by atoms with E-state index in [9.17, 15) is 0 Å². The molecule has 0 spiro atoms. The molecule has 0 bridgehead atoms. The molecule has 1 heterocycles. The van der Waals surface area contributed by atoms with Gasteiger partial charge in [-0.05, 0) is 19.1 Å². The van der Waals surface area contributed by atoms with E-state index in [2.05, 4.69) is 47.5 Å². The number of nitrogens with one attached hydrogen (secondary N) is 1. The van der Waals surface area contributed by atoms with Crippen LogP contribution < -0.4 is 5.32 Å². The highest BCUT2D eigenvalue weighted by molar-refractivity contribution is 7.99. The normalized spacial score (nSPS) is 20.9. The number of hydrogen-bond acceptors (Lipinski definition) is 3. The first kappa shape index (κ1) is 14.8. The molecule has 1 aliphatic heterocycles. The molecule has 1 N–H and O–H groups in total. The predicted octanol–water partition coefficient (Wildman–Crippen LogP) is 2.49. The third kappa shape index (κ3) is 4.88. The van der Waals surface area contributed by atoms with Crippen LogP contribution in [0.25, 0.3) is 0 Å². The minimum Gasteiger partial charge on any atom is -0.314 e. The molecule has 1 fully saturated rings. The number of nitrogens with zero attached hydrogens (tertiary/aromatic N) is 1. The van der Waals surface area contributed by atoms with Crippen molar-refractivity contribution < 1.29 is 0 Å². The molecule has 1 aliphatic rings. The van der Waals surface area contributed by atoms with E-state index in [0.29, 0.717) is 6.04 Å². The van der Waals surface area contributed by atoms with E-state index in [1.165, 1.54) is 23.7 Å². The first-order valence-corrected chi connectivity index (χ1v) is 6.97. The van der Waals surface area contributed by atoms with Gasteiger partial charge in [0.15, 0.2) is 0 Å². The van der Waals surface area contributed by atoms with Crippen molar-refractivity contribution in [3.8, 4) is 0 Å². The van der Waals surface area contributed by atoms with Crippen molar-refractivity contribution in [2.24, 2.45) is 0 Å². The van der Waals surface area contributed by atoms with Crippen LogP contribution in [0, 0.1) is 0 Å². The van der Waals surface area contributed by atoms with E-state index < -0.39 is 0 Å². The Morgan fingerprint density at radius 3 is 2.82 bits per heavy atom. The van der Waals surface area contributed by atoms with Crippen molar-refractivity contribution in [2.45, 2.75) is 17.9 Å². The van der Waals surface area contributed by atoms with E-state index >= 15 is 0 Å². The minimum atomic E-state index is 0. The SMILES string of the molecule is CC1CNCCN1CCSc1ccccc1.Cl. The molecule has 0 amide bonds. The van der Waals surface area contributed by atoms with Gasteiger partial charge in [0.05, 0.1) is 0 Å². The Morgan fingerprint density at radius 2 is 2.12 bits per heavy atom. The summed E-state index contributed by atoms with van der Waals surface area (Å²) in [6, 6.07) is 11.3. The van der Waals surface area contributed by atoms with Crippen molar-refractivity contribution in [1.29, 1.82) is 0 Å². The zero-order valence-corrected chi connectivity index (χ0v) is 11.9. The summed E-state index contributed by atoms with van der Waals surface area (Å²) in [5.41, 5.74) is 0. The summed E-state index contributed by atoms with van der Waals surface area (Å²) in [6.45, 7) is 6.97. The molecular weight excluding hydrogens is 252 g/mol. The first-order chi connectivity index (χ1) is 7.86. The number of thioether (sulfide) groups is 1. The molecule has 2 nitrogen and oxygen atoms in total. The highest BCUT2D eigenvalue weighted by atomic mass is 35.5. The second kappa shape index (κ2) is 7.98. The zero-order valence-electron chi connectivity index (χ0n) is 10.3. The average molecular weight is 273 g/mol. The maximum Gasteiger partial charge on any atom is 0.0193 e. The lowest BCUT2D eigenvalue weighted by Crippen LogP contribution is -2.50. The van der Waals surface area contributed by atoms with Gasteiger partial charge in [-0.1, -0.05) is 18.2 Å². The fourth-order valence-electron chi connectivity index (χ4n) is 2.01. The van der Waals surface area contributed by atoms with Gasteiger partial charge in [0.2, 0.25) is 0 Å². The van der Waals surface area contributed by atoms with Gasteiger partial charge in [0, 0.05) is 42.9 Å². The highest BCUT2D eigenvalue weighted by Gasteiger charge is 2.16. The van der Waals surface area contributed by atoms with Crippen LogP contribution >= 0.6 is 24.2 Å². The van der Waals surface area contributed by atoms with E-state index in [4.69, 9.17) is 0 Å². The third-order valence-electron chi connectivity index (χ3n) is 3.03. The lowest BCUT2D eigenvalue weighted by molar-refractivity contribution is 0.185. The summed E-state index contributed by atoms with van der Waals surface area (Å²) in [6.07, 6.45) is 0. The smallest absolute Gasteiger partial charge is 0.0193 e. The van der Waals surface area contributed by atoms with E-state index in [1.54, 1.807) is 0 Å². The van der Waals surface area contributed by atoms with Crippen LogP contribution in [0.3, 0.4) is 0 Å². The van der Waals surface area contributed by atoms with Gasteiger partial charge >= 0.3 is 0 Å². The fraction of sp³-hybridized carbons (Fsp3) is 0.538. The zero-order chi connectivity index (χ0) is 11.2. The second-order valence-electron chi connectivity index (χ2n) is 4.25. The first-order valence-electron chi connectivity index (χ1n) is 5.99. The van der Waals surface area contributed by atoms with E-state index in [1.807, 2.05) is 11.8 Å². The maximum absolute atomic E-state index is 3.42. The molecule has 4 heteroatoms. The molecule has 1 saturated heterocycles. The molecule has 1 atom stereocenters. The number of benzene rings is 1. The van der Waals surface area contributed by atoms with Crippen molar-refractivity contribution in [3.05, 3.63) is 30.3 Å². The minimum absolute atomic E-state index is 0. The standard InChI is InChI=1S/C13H20N2S.ClH/c1-12-11-14-7-8-15(12)9-10-16-13-5-3-2-4-6-13;/h2-6,12,14H,7-11H2,1H3;1H. The summed E-state index contributed by atoms with van der Waals surface area (Å²) in [5.74, 6) is 1.19. The van der Waals surface area contributed by atoms with Crippen LogP contribution in [0.5, 0.6) is 0 Å². The Kier molecular flexibility index (Phi) is 6.97. The van der Waals surface area contributed by atoms with Crippen LogP contribution in [-0.4, -0.2) is 42.9 Å². The molecule has 0 aromatic heterocycles. The molecular formula is C13H21ClN2S. The molecule has 1 aromatic rings. The quantitative estimate of drug-likeness (QED) is 0.848. The Balaban J connectivity index is 0.00000144. The van der Waals surface area contributed by atoms with Gasteiger partial charge in [-0.2, -0.15) is 0 Å². The summed E-state index contributed by atoms with van der Waals surface area (Å²) < 4.78 is 0. The Bertz CT molecular complexity index is 308.